The number of para-hydroxylation sites is 1. The van der Waals surface area contributed by atoms with E-state index in [1.807, 2.05) is 43.3 Å². The van der Waals surface area contributed by atoms with Crippen LogP contribution in [0.1, 0.15) is 35.4 Å². The molecule has 11 heteroatoms. The second-order valence-corrected chi connectivity index (χ2v) is 11.6. The molecule has 0 saturated heterocycles. The van der Waals surface area contributed by atoms with Gasteiger partial charge in [-0.15, -0.1) is 0 Å². The number of aromatic nitrogens is 1. The van der Waals surface area contributed by atoms with Crippen molar-refractivity contribution in [3.8, 4) is 17.1 Å². The zero-order chi connectivity index (χ0) is 31.8. The summed E-state index contributed by atoms with van der Waals surface area (Å²) in [5.41, 5.74) is 3.78. The van der Waals surface area contributed by atoms with Crippen molar-refractivity contribution in [2.45, 2.75) is 26.8 Å². The lowest BCUT2D eigenvalue weighted by atomic mass is 9.95. The number of benzene rings is 3. The van der Waals surface area contributed by atoms with E-state index >= 15 is 0 Å². The molecule has 1 aliphatic rings. The molecule has 3 heterocycles. The van der Waals surface area contributed by atoms with Crippen molar-refractivity contribution in [1.82, 2.24) is 4.57 Å². The van der Waals surface area contributed by atoms with Crippen LogP contribution in [0, 0.1) is 24.0 Å². The summed E-state index contributed by atoms with van der Waals surface area (Å²) < 4.78 is 13.3. The number of aryl methyl sites for hydroxylation is 1. The number of carbonyl (C=O) groups excluding carboxylic acids is 1. The van der Waals surface area contributed by atoms with Crippen molar-refractivity contribution >= 4 is 34.7 Å². The van der Waals surface area contributed by atoms with Gasteiger partial charge in [0.25, 0.3) is 17.2 Å². The van der Waals surface area contributed by atoms with Crippen LogP contribution in [0.5, 0.6) is 5.75 Å². The average Bonchev–Trinajstić information content (AvgIpc) is 3.62. The number of fused-ring (bicyclic) bond motifs is 1. The molecule has 1 aliphatic heterocycles. The van der Waals surface area contributed by atoms with Crippen LogP contribution in [-0.4, -0.2) is 22.5 Å². The number of allylic oxidation sites excluding steroid dienone is 1. The lowest BCUT2D eigenvalue weighted by Crippen LogP contribution is -2.40. The molecule has 0 spiro atoms. The Balaban J connectivity index is 1.44. The SMILES string of the molecule is COc1ccc([C@H]2C(C(=O)Nc3ccccc3)=C(C)N=c3s/c(=C/c4ccc(-c5cc(C)c(C)c([N+](=O)[O-])c5)o4)c(=O)n32)cc1. The highest BCUT2D eigenvalue weighted by Gasteiger charge is 2.32. The lowest BCUT2D eigenvalue weighted by molar-refractivity contribution is -0.385. The maximum absolute atomic E-state index is 14.0. The summed E-state index contributed by atoms with van der Waals surface area (Å²) in [7, 11) is 1.57. The summed E-state index contributed by atoms with van der Waals surface area (Å²) in [6.07, 6.45) is 1.62. The van der Waals surface area contributed by atoms with Gasteiger partial charge in [0.1, 0.15) is 17.3 Å². The van der Waals surface area contributed by atoms with E-state index in [-0.39, 0.29) is 17.2 Å². The number of hydrogen-bond acceptors (Lipinski definition) is 8. The molecule has 1 atom stereocenters. The Morgan fingerprint density at radius 2 is 1.80 bits per heavy atom. The van der Waals surface area contributed by atoms with Gasteiger partial charge in [-0.05, 0) is 74.4 Å². The molecule has 226 valence electrons. The number of thiazole rings is 1. The van der Waals surface area contributed by atoms with Crippen molar-refractivity contribution in [3.05, 3.63) is 142 Å². The number of nitro groups is 1. The normalized spacial score (nSPS) is 14.6. The zero-order valence-corrected chi connectivity index (χ0v) is 25.7. The predicted octanol–water partition coefficient (Wildman–Crippen LogP) is 5.67. The van der Waals surface area contributed by atoms with Crippen LogP contribution in [0.15, 0.2) is 104 Å². The third-order valence-electron chi connectivity index (χ3n) is 7.75. The Hall–Kier alpha value is -5.55. The molecule has 0 aliphatic carbocycles. The number of nitro benzene ring substituents is 1. The fraction of sp³-hybridized carbons (Fsp3) is 0.147. The van der Waals surface area contributed by atoms with E-state index in [0.29, 0.717) is 60.3 Å². The number of anilines is 1. The molecular weight excluding hydrogens is 592 g/mol. The Kier molecular flexibility index (Phi) is 7.78. The number of amides is 1. The van der Waals surface area contributed by atoms with Crippen molar-refractivity contribution in [1.29, 1.82) is 0 Å². The van der Waals surface area contributed by atoms with Gasteiger partial charge in [-0.2, -0.15) is 0 Å². The molecule has 1 amide bonds. The van der Waals surface area contributed by atoms with Gasteiger partial charge in [-0.3, -0.25) is 24.3 Å². The summed E-state index contributed by atoms with van der Waals surface area (Å²) in [6, 6.07) is 22.3. The summed E-state index contributed by atoms with van der Waals surface area (Å²) >= 11 is 1.19. The van der Waals surface area contributed by atoms with Gasteiger partial charge in [0.2, 0.25) is 0 Å². The highest BCUT2D eigenvalue weighted by Crippen LogP contribution is 2.33. The van der Waals surface area contributed by atoms with E-state index in [4.69, 9.17) is 9.15 Å². The van der Waals surface area contributed by atoms with Gasteiger partial charge >= 0.3 is 0 Å². The molecule has 3 aromatic carbocycles. The molecule has 10 nitrogen and oxygen atoms in total. The standard InChI is InChI=1S/C34H28N4O6S/c1-19-16-23(17-27(20(19)2)38(41)42)28-15-14-26(44-28)18-29-33(40)37-31(22-10-12-25(43-4)13-11-22)30(21(3)35-34(37)45-29)32(39)36-24-8-6-5-7-9-24/h5-18,31H,1-4H3,(H,36,39)/b29-18+/t31-/m0/s1. The van der Waals surface area contributed by atoms with E-state index < -0.39 is 11.0 Å². The Labute approximate surface area is 261 Å². The highest BCUT2D eigenvalue weighted by atomic mass is 32.1. The van der Waals surface area contributed by atoms with Crippen LogP contribution in [0.3, 0.4) is 0 Å². The van der Waals surface area contributed by atoms with Crippen LogP contribution in [0.2, 0.25) is 0 Å². The van der Waals surface area contributed by atoms with E-state index in [2.05, 4.69) is 10.3 Å². The molecule has 0 radical (unpaired) electrons. The van der Waals surface area contributed by atoms with Gasteiger partial charge in [0.05, 0.1) is 33.9 Å². The average molecular weight is 621 g/mol. The van der Waals surface area contributed by atoms with E-state index in [1.165, 1.54) is 22.0 Å². The molecule has 2 aromatic heterocycles. The van der Waals surface area contributed by atoms with Crippen molar-refractivity contribution in [2.75, 3.05) is 12.4 Å². The Bertz CT molecular complexity index is 2180. The van der Waals surface area contributed by atoms with Crippen LogP contribution in [0.25, 0.3) is 17.4 Å². The number of nitrogens with zero attached hydrogens (tertiary/aromatic N) is 3. The first-order valence-electron chi connectivity index (χ1n) is 14.0. The van der Waals surface area contributed by atoms with Crippen LogP contribution < -0.4 is 24.9 Å². The largest absolute Gasteiger partial charge is 0.497 e. The summed E-state index contributed by atoms with van der Waals surface area (Å²) in [6.45, 7) is 5.28. The summed E-state index contributed by atoms with van der Waals surface area (Å²) in [5.74, 6) is 1.11. The minimum atomic E-state index is -0.749. The smallest absolute Gasteiger partial charge is 0.273 e. The zero-order valence-electron chi connectivity index (χ0n) is 24.9. The number of nitrogens with one attached hydrogen (secondary N) is 1. The predicted molar refractivity (Wildman–Crippen MR) is 172 cm³/mol. The van der Waals surface area contributed by atoms with Crippen molar-refractivity contribution < 1.29 is 18.9 Å². The minimum Gasteiger partial charge on any atom is -0.497 e. The first kappa shape index (κ1) is 29.5. The van der Waals surface area contributed by atoms with Crippen molar-refractivity contribution in [3.63, 3.8) is 0 Å². The number of carbonyl (C=O) groups is 1. The van der Waals surface area contributed by atoms with E-state index in [1.54, 1.807) is 63.4 Å². The van der Waals surface area contributed by atoms with Gasteiger partial charge < -0.3 is 14.5 Å². The van der Waals surface area contributed by atoms with E-state index in [9.17, 15) is 19.7 Å². The first-order valence-corrected chi connectivity index (χ1v) is 14.8. The molecular formula is C34H28N4O6S. The molecule has 5 aromatic rings. The second-order valence-electron chi connectivity index (χ2n) is 10.6. The van der Waals surface area contributed by atoms with Crippen LogP contribution >= 0.6 is 11.3 Å². The molecule has 45 heavy (non-hydrogen) atoms. The second kappa shape index (κ2) is 11.9. The van der Waals surface area contributed by atoms with E-state index in [0.717, 1.165) is 5.56 Å². The fourth-order valence-corrected chi connectivity index (χ4v) is 6.35. The van der Waals surface area contributed by atoms with Gasteiger partial charge in [-0.1, -0.05) is 41.7 Å². The number of methoxy groups -OCH3 is 1. The topological polar surface area (TPSA) is 129 Å². The van der Waals surface area contributed by atoms with Gasteiger partial charge in [0.15, 0.2) is 4.80 Å². The van der Waals surface area contributed by atoms with Crippen LogP contribution in [0.4, 0.5) is 11.4 Å². The Morgan fingerprint density at radius 1 is 1.07 bits per heavy atom. The first-order chi connectivity index (χ1) is 21.6. The highest BCUT2D eigenvalue weighted by molar-refractivity contribution is 7.07. The summed E-state index contributed by atoms with van der Waals surface area (Å²) in [5, 5.41) is 14.5. The molecule has 0 saturated carbocycles. The Morgan fingerprint density at radius 3 is 2.49 bits per heavy atom. The van der Waals surface area contributed by atoms with Crippen LogP contribution in [-0.2, 0) is 4.79 Å². The van der Waals surface area contributed by atoms with Gasteiger partial charge in [0, 0.05) is 29.0 Å². The number of rotatable bonds is 7. The minimum absolute atomic E-state index is 0.0114. The molecule has 0 fully saturated rings. The number of furan rings is 1. The van der Waals surface area contributed by atoms with Crippen molar-refractivity contribution in [2.24, 2.45) is 4.99 Å². The molecule has 6 rings (SSSR count). The molecule has 0 unspecified atom stereocenters. The maximum atomic E-state index is 14.0. The van der Waals surface area contributed by atoms with Gasteiger partial charge in [-0.25, -0.2) is 4.99 Å². The fourth-order valence-electron chi connectivity index (χ4n) is 5.32. The molecule has 1 N–H and O–H groups in total. The number of hydrogen-bond donors (Lipinski definition) is 1. The monoisotopic (exact) mass is 620 g/mol. The molecule has 0 bridgehead atoms. The third kappa shape index (κ3) is 5.61. The number of ether oxygens (including phenoxy) is 1. The summed E-state index contributed by atoms with van der Waals surface area (Å²) in [4.78, 5) is 44.0. The third-order valence-corrected chi connectivity index (χ3v) is 8.73. The maximum Gasteiger partial charge on any atom is 0.273 e. The lowest BCUT2D eigenvalue weighted by Gasteiger charge is -2.25. The quantitative estimate of drug-likeness (QED) is 0.185.